The summed E-state index contributed by atoms with van der Waals surface area (Å²) in [5.41, 5.74) is 3.60. The number of rotatable bonds is 5. The first-order valence-corrected chi connectivity index (χ1v) is 12.2. The Labute approximate surface area is 192 Å². The van der Waals surface area contributed by atoms with Crippen LogP contribution in [0.3, 0.4) is 0 Å². The quantitative estimate of drug-likeness (QED) is 0.624. The van der Waals surface area contributed by atoms with Crippen LogP contribution in [0.25, 0.3) is 0 Å². The summed E-state index contributed by atoms with van der Waals surface area (Å²) in [4.78, 5) is 4.55. The van der Waals surface area contributed by atoms with E-state index in [2.05, 4.69) is 44.4 Å². The first-order chi connectivity index (χ1) is 15.1. The minimum absolute atomic E-state index is 0.102. The number of nitrogens with one attached hydrogen (secondary N) is 1. The number of nitrogens with zero attached hydrogens (tertiary/aromatic N) is 1. The Hall–Kier alpha value is -1.34. The molecule has 2 atom stereocenters. The molecule has 0 saturated carbocycles. The van der Waals surface area contributed by atoms with Gasteiger partial charge < -0.3 is 14.8 Å². The molecule has 4 nitrogen and oxygen atoms in total. The number of benzene rings is 1. The van der Waals surface area contributed by atoms with Gasteiger partial charge in [-0.05, 0) is 80.8 Å². The fraction of sp³-hybridized carbons (Fsp3) is 0.560. The van der Waals surface area contributed by atoms with Crippen LogP contribution in [-0.2, 0) is 21.3 Å². The number of hydrogen-bond donors (Lipinski definition) is 1. The fourth-order valence-corrected chi connectivity index (χ4v) is 6.42. The van der Waals surface area contributed by atoms with Gasteiger partial charge in [-0.1, -0.05) is 28.1 Å². The van der Waals surface area contributed by atoms with Gasteiger partial charge in [0.1, 0.15) is 5.82 Å². The van der Waals surface area contributed by atoms with Crippen LogP contribution in [0.1, 0.15) is 61.4 Å². The van der Waals surface area contributed by atoms with Gasteiger partial charge in [0, 0.05) is 41.4 Å². The molecule has 3 aliphatic rings. The third-order valence-electron chi connectivity index (χ3n) is 7.53. The molecule has 3 heterocycles. The maximum atomic E-state index is 13.6. The van der Waals surface area contributed by atoms with E-state index in [0.717, 1.165) is 77.0 Å². The van der Waals surface area contributed by atoms with Crippen molar-refractivity contribution in [3.8, 4) is 0 Å². The molecule has 1 unspecified atom stereocenters. The average Bonchev–Trinajstić information content (AvgIpc) is 3.19. The predicted octanol–water partition coefficient (Wildman–Crippen LogP) is 5.25. The summed E-state index contributed by atoms with van der Waals surface area (Å²) in [6, 6.07) is 10.3. The minimum Gasteiger partial charge on any atom is -0.381 e. The topological polar surface area (TPSA) is 43.4 Å². The Morgan fingerprint density at radius 3 is 2.81 bits per heavy atom. The summed E-state index contributed by atoms with van der Waals surface area (Å²) >= 11 is 3.70. The van der Waals surface area contributed by atoms with Crippen LogP contribution < -0.4 is 5.32 Å². The van der Waals surface area contributed by atoms with E-state index in [1.807, 2.05) is 6.07 Å². The lowest BCUT2D eigenvalue weighted by molar-refractivity contribution is -0.154. The maximum Gasteiger partial charge on any atom is 0.141 e. The Morgan fingerprint density at radius 2 is 2.00 bits per heavy atom. The van der Waals surface area contributed by atoms with Crippen molar-refractivity contribution < 1.29 is 13.9 Å². The second kappa shape index (κ2) is 8.89. The molecule has 1 aromatic heterocycles. The molecule has 2 aromatic rings. The highest BCUT2D eigenvalue weighted by atomic mass is 79.9. The van der Waals surface area contributed by atoms with Crippen molar-refractivity contribution in [2.24, 2.45) is 0 Å². The number of hydrogen-bond acceptors (Lipinski definition) is 4. The van der Waals surface area contributed by atoms with E-state index in [-0.39, 0.29) is 16.8 Å². The van der Waals surface area contributed by atoms with Crippen molar-refractivity contribution in [1.82, 2.24) is 10.3 Å². The molecule has 6 heteroatoms. The van der Waals surface area contributed by atoms with Crippen molar-refractivity contribution in [2.45, 2.75) is 62.0 Å². The van der Waals surface area contributed by atoms with Gasteiger partial charge >= 0.3 is 0 Å². The highest BCUT2D eigenvalue weighted by Crippen LogP contribution is 2.47. The van der Waals surface area contributed by atoms with Crippen LogP contribution in [0.15, 0.2) is 41.0 Å². The number of ether oxygens (including phenoxy) is 2. The third-order valence-corrected chi connectivity index (χ3v) is 8.27. The van der Waals surface area contributed by atoms with Crippen molar-refractivity contribution in [3.05, 3.63) is 63.6 Å². The zero-order valence-electron chi connectivity index (χ0n) is 17.8. The average molecular weight is 489 g/mol. The minimum atomic E-state index is -0.280. The largest absolute Gasteiger partial charge is 0.381 e. The molecule has 1 aliphatic carbocycles. The van der Waals surface area contributed by atoms with Gasteiger partial charge in [0.2, 0.25) is 0 Å². The van der Waals surface area contributed by atoms with E-state index in [4.69, 9.17) is 9.47 Å². The Kier molecular flexibility index (Phi) is 6.17. The number of fused-ring (bicyclic) bond motifs is 1. The van der Waals surface area contributed by atoms with E-state index in [1.54, 1.807) is 6.07 Å². The molecule has 2 fully saturated rings. The van der Waals surface area contributed by atoms with Crippen LogP contribution in [0.4, 0.5) is 4.39 Å². The van der Waals surface area contributed by atoms with Gasteiger partial charge in [0.15, 0.2) is 0 Å². The second-order valence-corrected chi connectivity index (χ2v) is 10.2. The van der Waals surface area contributed by atoms with Crippen molar-refractivity contribution in [2.75, 3.05) is 26.4 Å². The van der Waals surface area contributed by atoms with Gasteiger partial charge in [-0.15, -0.1) is 0 Å². The molecule has 1 N–H and O–H groups in total. The van der Waals surface area contributed by atoms with Crippen molar-refractivity contribution >= 4 is 15.9 Å². The highest BCUT2D eigenvalue weighted by Gasteiger charge is 2.48. The van der Waals surface area contributed by atoms with E-state index < -0.39 is 0 Å². The van der Waals surface area contributed by atoms with Gasteiger partial charge in [-0.25, -0.2) is 4.39 Å². The first kappa shape index (κ1) is 21.5. The summed E-state index contributed by atoms with van der Waals surface area (Å²) < 4.78 is 26.8. The van der Waals surface area contributed by atoms with Crippen LogP contribution in [0.2, 0.25) is 0 Å². The number of pyridine rings is 1. The predicted molar refractivity (Wildman–Crippen MR) is 122 cm³/mol. The molecule has 0 bridgehead atoms. The maximum absolute atomic E-state index is 13.6. The van der Waals surface area contributed by atoms with Crippen LogP contribution in [0.5, 0.6) is 0 Å². The number of aromatic nitrogens is 1. The summed E-state index contributed by atoms with van der Waals surface area (Å²) in [7, 11) is 0. The van der Waals surface area contributed by atoms with Crippen molar-refractivity contribution in [1.29, 1.82) is 0 Å². The van der Waals surface area contributed by atoms with E-state index in [0.29, 0.717) is 6.04 Å². The van der Waals surface area contributed by atoms with Gasteiger partial charge in [-0.3, -0.25) is 4.98 Å². The third kappa shape index (κ3) is 4.32. The SMILES string of the molecule is Fc1ccc(C2(CCN[C@H]3CCc4c(Br)cccc43)CCOC3(CCOCC3)C2)nc1. The molecular formula is C25H30BrFN2O2. The molecule has 2 saturated heterocycles. The van der Waals surface area contributed by atoms with Crippen LogP contribution in [0, 0.1) is 5.82 Å². The highest BCUT2D eigenvalue weighted by molar-refractivity contribution is 9.10. The first-order valence-electron chi connectivity index (χ1n) is 11.4. The molecule has 5 rings (SSSR count). The monoisotopic (exact) mass is 488 g/mol. The summed E-state index contributed by atoms with van der Waals surface area (Å²) in [5.74, 6) is -0.280. The van der Waals surface area contributed by atoms with Crippen LogP contribution in [-0.4, -0.2) is 37.0 Å². The van der Waals surface area contributed by atoms with Crippen LogP contribution >= 0.6 is 15.9 Å². The number of halogens is 2. The summed E-state index contributed by atoms with van der Waals surface area (Å²) in [6.45, 7) is 3.12. The second-order valence-electron chi connectivity index (χ2n) is 9.32. The molecular weight excluding hydrogens is 459 g/mol. The molecule has 2 aliphatic heterocycles. The molecule has 31 heavy (non-hydrogen) atoms. The Morgan fingerprint density at radius 1 is 1.13 bits per heavy atom. The zero-order chi connectivity index (χ0) is 21.3. The van der Waals surface area contributed by atoms with Gasteiger partial charge in [-0.2, -0.15) is 0 Å². The summed E-state index contributed by atoms with van der Waals surface area (Å²) in [5, 5.41) is 3.82. The van der Waals surface area contributed by atoms with E-state index in [9.17, 15) is 4.39 Å². The van der Waals surface area contributed by atoms with E-state index >= 15 is 0 Å². The lowest BCUT2D eigenvalue weighted by Crippen LogP contribution is -2.51. The normalized spacial score (nSPS) is 27.4. The Bertz CT molecular complexity index is 911. The molecule has 1 spiro atoms. The van der Waals surface area contributed by atoms with Gasteiger partial charge in [0.05, 0.1) is 11.8 Å². The van der Waals surface area contributed by atoms with E-state index in [1.165, 1.54) is 21.8 Å². The van der Waals surface area contributed by atoms with Crippen molar-refractivity contribution in [3.63, 3.8) is 0 Å². The lowest BCUT2D eigenvalue weighted by Gasteiger charge is -2.49. The lowest BCUT2D eigenvalue weighted by atomic mass is 9.66. The molecule has 0 amide bonds. The molecule has 166 valence electrons. The fourth-order valence-electron chi connectivity index (χ4n) is 5.84. The van der Waals surface area contributed by atoms with Gasteiger partial charge in [0.25, 0.3) is 0 Å². The smallest absolute Gasteiger partial charge is 0.141 e. The standard InChI is InChI=1S/C25H30BrFN2O2/c26-21-3-1-2-20-19(21)5-6-22(20)28-12-8-24(23-7-4-18(27)16-29-23)9-15-31-25(17-24)10-13-30-14-11-25/h1-4,7,16,22,28H,5-6,8-15,17H2/t22-,24?/m0/s1. The zero-order valence-corrected chi connectivity index (χ0v) is 19.4. The molecule has 1 aromatic carbocycles. The molecule has 0 radical (unpaired) electrons. The Balaban J connectivity index is 1.35. The summed E-state index contributed by atoms with van der Waals surface area (Å²) in [6.07, 6.45) is 8.26.